The molecule has 0 aromatic heterocycles. The van der Waals surface area contributed by atoms with Crippen LogP contribution in [-0.4, -0.2) is 6.61 Å². The third-order valence-electron chi connectivity index (χ3n) is 3.58. The van der Waals surface area contributed by atoms with Crippen LogP contribution in [0.3, 0.4) is 0 Å². The van der Waals surface area contributed by atoms with Crippen molar-refractivity contribution < 1.29 is 13.5 Å². The monoisotopic (exact) mass is 353 g/mol. The maximum absolute atomic E-state index is 12.2. The maximum atomic E-state index is 12.2. The molecule has 0 aliphatic heterocycles. The summed E-state index contributed by atoms with van der Waals surface area (Å²) in [5.41, 5.74) is 3.37. The normalized spacial score (nSPS) is 16.9. The third kappa shape index (κ3) is 3.35. The summed E-state index contributed by atoms with van der Waals surface area (Å²) in [5, 5.41) is 3.39. The Morgan fingerprint density at radius 3 is 2.86 bits per heavy atom. The van der Waals surface area contributed by atoms with Crippen LogP contribution in [0.25, 0.3) is 0 Å². The van der Waals surface area contributed by atoms with E-state index in [1.807, 2.05) is 12.1 Å². The van der Waals surface area contributed by atoms with Crippen molar-refractivity contribution in [3.8, 4) is 5.75 Å². The Hall–Kier alpha value is -1.62. The van der Waals surface area contributed by atoms with E-state index in [0.29, 0.717) is 0 Å². The average molecular weight is 354 g/mol. The minimum Gasteiger partial charge on any atom is -0.435 e. The zero-order valence-corrected chi connectivity index (χ0v) is 12.7. The van der Waals surface area contributed by atoms with E-state index in [0.717, 1.165) is 23.0 Å². The molecule has 5 heteroatoms. The Kier molecular flexibility index (Phi) is 4.10. The third-order valence-corrected chi connectivity index (χ3v) is 4.08. The molecule has 0 fully saturated rings. The minimum absolute atomic E-state index is 0.170. The molecule has 1 N–H and O–H groups in total. The van der Waals surface area contributed by atoms with Crippen molar-refractivity contribution in [3.63, 3.8) is 0 Å². The summed E-state index contributed by atoms with van der Waals surface area (Å²) in [5.74, 6) is 0.170. The smallest absolute Gasteiger partial charge is 0.387 e. The van der Waals surface area contributed by atoms with Crippen molar-refractivity contribution in [1.29, 1.82) is 0 Å². The Balaban J connectivity index is 1.77. The van der Waals surface area contributed by atoms with Crippen molar-refractivity contribution in [2.45, 2.75) is 25.5 Å². The highest BCUT2D eigenvalue weighted by molar-refractivity contribution is 9.10. The summed E-state index contributed by atoms with van der Waals surface area (Å²) < 4.78 is 30.0. The van der Waals surface area contributed by atoms with Gasteiger partial charge < -0.3 is 10.1 Å². The maximum Gasteiger partial charge on any atom is 0.387 e. The molecule has 0 amide bonds. The molecule has 2 aromatic rings. The van der Waals surface area contributed by atoms with Crippen molar-refractivity contribution >= 4 is 21.6 Å². The summed E-state index contributed by atoms with van der Waals surface area (Å²) in [7, 11) is 0. The SMILES string of the molecule is FC(F)Oc1cccc(NC2CCc3cc(Br)ccc32)c1. The predicted octanol–water partition coefficient (Wildman–Crippen LogP) is 5.15. The van der Waals surface area contributed by atoms with Gasteiger partial charge in [-0.15, -0.1) is 0 Å². The second kappa shape index (κ2) is 6.02. The van der Waals surface area contributed by atoms with E-state index in [1.165, 1.54) is 17.2 Å². The first-order valence-electron chi connectivity index (χ1n) is 6.71. The quantitative estimate of drug-likeness (QED) is 0.820. The van der Waals surface area contributed by atoms with Gasteiger partial charge in [-0.25, -0.2) is 0 Å². The average Bonchev–Trinajstić information content (AvgIpc) is 2.80. The van der Waals surface area contributed by atoms with Crippen LogP contribution in [0.4, 0.5) is 14.5 Å². The number of benzene rings is 2. The molecule has 0 bridgehead atoms. The number of anilines is 1. The lowest BCUT2D eigenvalue weighted by Gasteiger charge is -2.16. The van der Waals surface area contributed by atoms with Crippen LogP contribution in [0.15, 0.2) is 46.9 Å². The Morgan fingerprint density at radius 2 is 2.05 bits per heavy atom. The van der Waals surface area contributed by atoms with Gasteiger partial charge in [-0.05, 0) is 48.2 Å². The van der Waals surface area contributed by atoms with Crippen molar-refractivity contribution in [1.82, 2.24) is 0 Å². The number of ether oxygens (including phenoxy) is 1. The van der Waals surface area contributed by atoms with E-state index in [1.54, 1.807) is 12.1 Å². The van der Waals surface area contributed by atoms with Crippen LogP contribution in [-0.2, 0) is 6.42 Å². The minimum atomic E-state index is -2.80. The van der Waals surface area contributed by atoms with Crippen LogP contribution in [0.1, 0.15) is 23.6 Å². The molecular weight excluding hydrogens is 340 g/mol. The molecule has 110 valence electrons. The number of hydrogen-bond acceptors (Lipinski definition) is 2. The molecule has 2 aromatic carbocycles. The number of fused-ring (bicyclic) bond motifs is 1. The van der Waals surface area contributed by atoms with Crippen molar-refractivity contribution in [3.05, 3.63) is 58.1 Å². The number of halogens is 3. The molecule has 2 nitrogen and oxygen atoms in total. The van der Waals surface area contributed by atoms with Gasteiger partial charge in [-0.3, -0.25) is 0 Å². The molecule has 1 aliphatic rings. The fourth-order valence-corrected chi connectivity index (χ4v) is 3.11. The van der Waals surface area contributed by atoms with Gasteiger partial charge in [0.15, 0.2) is 0 Å². The first-order valence-corrected chi connectivity index (χ1v) is 7.51. The summed E-state index contributed by atoms with van der Waals surface area (Å²) in [6, 6.07) is 13.1. The zero-order chi connectivity index (χ0) is 14.8. The number of nitrogens with one attached hydrogen (secondary N) is 1. The Bertz CT molecular complexity index is 648. The van der Waals surface area contributed by atoms with E-state index >= 15 is 0 Å². The van der Waals surface area contributed by atoms with Gasteiger partial charge in [0.25, 0.3) is 0 Å². The molecule has 1 aliphatic carbocycles. The van der Waals surface area contributed by atoms with Crippen LogP contribution in [0.2, 0.25) is 0 Å². The van der Waals surface area contributed by atoms with E-state index in [2.05, 4.69) is 38.1 Å². The summed E-state index contributed by atoms with van der Waals surface area (Å²) in [4.78, 5) is 0. The molecule has 1 unspecified atom stereocenters. The number of aryl methyl sites for hydroxylation is 1. The van der Waals surface area contributed by atoms with Gasteiger partial charge in [-0.2, -0.15) is 8.78 Å². The zero-order valence-electron chi connectivity index (χ0n) is 11.2. The molecule has 3 rings (SSSR count). The molecule has 0 radical (unpaired) electrons. The molecule has 0 heterocycles. The summed E-state index contributed by atoms with van der Waals surface area (Å²) >= 11 is 3.48. The van der Waals surface area contributed by atoms with Crippen molar-refractivity contribution in [2.75, 3.05) is 5.32 Å². The van der Waals surface area contributed by atoms with E-state index in [9.17, 15) is 8.78 Å². The van der Waals surface area contributed by atoms with Crippen LogP contribution in [0.5, 0.6) is 5.75 Å². The van der Waals surface area contributed by atoms with Gasteiger partial charge in [0.1, 0.15) is 5.75 Å². The lowest BCUT2D eigenvalue weighted by atomic mass is 10.1. The van der Waals surface area contributed by atoms with E-state index < -0.39 is 6.61 Å². The first kappa shape index (κ1) is 14.3. The molecular formula is C16H14BrF2NO. The van der Waals surface area contributed by atoms with Gasteiger partial charge in [0.05, 0.1) is 6.04 Å². The predicted molar refractivity (Wildman–Crippen MR) is 81.9 cm³/mol. The van der Waals surface area contributed by atoms with Gasteiger partial charge in [-0.1, -0.05) is 28.1 Å². The number of hydrogen-bond donors (Lipinski definition) is 1. The van der Waals surface area contributed by atoms with Crippen LogP contribution < -0.4 is 10.1 Å². The van der Waals surface area contributed by atoms with Crippen molar-refractivity contribution in [2.24, 2.45) is 0 Å². The van der Waals surface area contributed by atoms with Crippen LogP contribution in [0, 0.1) is 0 Å². The van der Waals surface area contributed by atoms with E-state index in [4.69, 9.17) is 0 Å². The lowest BCUT2D eigenvalue weighted by molar-refractivity contribution is -0.0498. The highest BCUT2D eigenvalue weighted by Gasteiger charge is 2.22. The number of rotatable bonds is 4. The fraction of sp³-hybridized carbons (Fsp3) is 0.250. The van der Waals surface area contributed by atoms with Gasteiger partial charge in [0, 0.05) is 16.2 Å². The second-order valence-corrected chi connectivity index (χ2v) is 5.90. The second-order valence-electron chi connectivity index (χ2n) is 4.99. The highest BCUT2D eigenvalue weighted by atomic mass is 79.9. The summed E-state index contributed by atoms with van der Waals surface area (Å²) in [6.45, 7) is -2.80. The van der Waals surface area contributed by atoms with Crippen LogP contribution >= 0.6 is 15.9 Å². The topological polar surface area (TPSA) is 21.3 Å². The van der Waals surface area contributed by atoms with Gasteiger partial charge in [0.2, 0.25) is 0 Å². The fourth-order valence-electron chi connectivity index (χ4n) is 2.70. The van der Waals surface area contributed by atoms with Gasteiger partial charge >= 0.3 is 6.61 Å². The first-order chi connectivity index (χ1) is 10.1. The lowest BCUT2D eigenvalue weighted by Crippen LogP contribution is -2.07. The Morgan fingerprint density at radius 1 is 1.19 bits per heavy atom. The molecule has 0 saturated heterocycles. The molecule has 0 spiro atoms. The molecule has 0 saturated carbocycles. The largest absolute Gasteiger partial charge is 0.435 e. The molecule has 1 atom stereocenters. The van der Waals surface area contributed by atoms with E-state index in [-0.39, 0.29) is 11.8 Å². The molecule has 21 heavy (non-hydrogen) atoms. The number of alkyl halides is 2. The summed E-state index contributed by atoms with van der Waals surface area (Å²) in [6.07, 6.45) is 2.01. The standard InChI is InChI=1S/C16H14BrF2NO/c17-11-5-6-14-10(8-11)4-7-15(14)20-12-2-1-3-13(9-12)21-16(18)19/h1-3,5-6,8-9,15-16,20H,4,7H2. The highest BCUT2D eigenvalue weighted by Crippen LogP contribution is 2.35. The Labute approximate surface area is 130 Å².